The lowest BCUT2D eigenvalue weighted by Gasteiger charge is -2.27. The van der Waals surface area contributed by atoms with E-state index in [0.29, 0.717) is 24.1 Å². The van der Waals surface area contributed by atoms with Crippen LogP contribution in [0, 0.1) is 18.6 Å². The van der Waals surface area contributed by atoms with Crippen LogP contribution in [0.5, 0.6) is 0 Å². The van der Waals surface area contributed by atoms with E-state index in [9.17, 15) is 13.9 Å². The number of aryl methyl sites for hydroxylation is 2. The Bertz CT molecular complexity index is 672. The molecule has 0 radical (unpaired) electrons. The lowest BCUT2D eigenvalue weighted by molar-refractivity contribution is 0.155. The van der Waals surface area contributed by atoms with Gasteiger partial charge in [-0.1, -0.05) is 19.1 Å². The van der Waals surface area contributed by atoms with Gasteiger partial charge in [-0.2, -0.15) is 0 Å². The Morgan fingerprint density at radius 2 is 1.65 bits per heavy atom. The minimum atomic E-state index is -0.785. The molecule has 0 aromatic heterocycles. The van der Waals surface area contributed by atoms with Gasteiger partial charge in [0.15, 0.2) is 0 Å². The molecule has 2 atom stereocenters. The number of hydrogen-bond acceptors (Lipinski definition) is 2. The summed E-state index contributed by atoms with van der Waals surface area (Å²) in [5.74, 6) is -1.20. The Morgan fingerprint density at radius 3 is 2.26 bits per heavy atom. The first kappa shape index (κ1) is 17.6. The van der Waals surface area contributed by atoms with Crippen LogP contribution in [-0.2, 0) is 6.42 Å². The number of rotatable bonds is 6. The van der Waals surface area contributed by atoms with E-state index in [2.05, 4.69) is 5.32 Å². The van der Waals surface area contributed by atoms with Gasteiger partial charge in [0.05, 0.1) is 6.10 Å². The second-order valence-electron chi connectivity index (χ2n) is 5.80. The summed E-state index contributed by atoms with van der Waals surface area (Å²) < 4.78 is 27.6. The Labute approximate surface area is 136 Å². The molecular weight excluding hydrogens is 296 g/mol. The summed E-state index contributed by atoms with van der Waals surface area (Å²) in [5.41, 5.74) is 3.23. The molecule has 0 aliphatic rings. The molecule has 2 N–H and O–H groups in total. The Balaban J connectivity index is 2.63. The number of aliphatic hydroxyl groups excluding tert-OH is 1. The number of benzene rings is 2. The summed E-state index contributed by atoms with van der Waals surface area (Å²) in [6.45, 7) is 4.19. The second-order valence-corrected chi connectivity index (χ2v) is 5.80. The van der Waals surface area contributed by atoms with E-state index >= 15 is 0 Å². The maximum Gasteiger partial charge on any atom is 0.123 e. The zero-order valence-electron chi connectivity index (χ0n) is 13.7. The van der Waals surface area contributed by atoms with Gasteiger partial charge in [0.2, 0.25) is 0 Å². The first-order valence-electron chi connectivity index (χ1n) is 7.85. The Kier molecular flexibility index (Phi) is 5.85. The highest BCUT2D eigenvalue weighted by Gasteiger charge is 2.27. The maximum atomic E-state index is 13.8. The van der Waals surface area contributed by atoms with Crippen molar-refractivity contribution in [3.63, 3.8) is 0 Å². The number of aliphatic hydroxyl groups is 1. The molecule has 0 aliphatic heterocycles. The molecule has 0 spiro atoms. The van der Waals surface area contributed by atoms with Crippen molar-refractivity contribution in [1.29, 1.82) is 0 Å². The molecule has 0 heterocycles. The molecule has 2 nitrogen and oxygen atoms in total. The van der Waals surface area contributed by atoms with Gasteiger partial charge in [-0.05, 0) is 66.9 Å². The molecule has 2 unspecified atom stereocenters. The van der Waals surface area contributed by atoms with Gasteiger partial charge < -0.3 is 10.4 Å². The third-order valence-corrected chi connectivity index (χ3v) is 4.20. The van der Waals surface area contributed by atoms with E-state index in [0.717, 1.165) is 11.1 Å². The smallest absolute Gasteiger partial charge is 0.123 e. The highest BCUT2D eigenvalue weighted by Crippen LogP contribution is 2.33. The van der Waals surface area contributed by atoms with Crippen LogP contribution in [0.4, 0.5) is 8.78 Å². The zero-order valence-corrected chi connectivity index (χ0v) is 13.7. The van der Waals surface area contributed by atoms with Crippen LogP contribution in [-0.4, -0.2) is 24.8 Å². The van der Waals surface area contributed by atoms with Crippen molar-refractivity contribution in [2.45, 2.75) is 32.3 Å². The topological polar surface area (TPSA) is 32.3 Å². The van der Waals surface area contributed by atoms with Gasteiger partial charge in [0.1, 0.15) is 11.6 Å². The third-order valence-electron chi connectivity index (χ3n) is 4.20. The molecule has 23 heavy (non-hydrogen) atoms. The van der Waals surface area contributed by atoms with Crippen LogP contribution in [0.25, 0.3) is 0 Å². The van der Waals surface area contributed by atoms with Crippen molar-refractivity contribution in [1.82, 2.24) is 5.32 Å². The van der Waals surface area contributed by atoms with Gasteiger partial charge in [-0.15, -0.1) is 0 Å². The van der Waals surface area contributed by atoms with Gasteiger partial charge in [0.25, 0.3) is 0 Å². The maximum absolute atomic E-state index is 13.8. The molecule has 0 saturated carbocycles. The molecule has 0 fully saturated rings. The summed E-state index contributed by atoms with van der Waals surface area (Å²) in [7, 11) is 1.74. The van der Waals surface area contributed by atoms with Crippen molar-refractivity contribution in [3.8, 4) is 0 Å². The highest BCUT2D eigenvalue weighted by molar-refractivity contribution is 5.43. The van der Waals surface area contributed by atoms with Crippen LogP contribution in [0.1, 0.15) is 35.1 Å². The fourth-order valence-corrected chi connectivity index (χ4v) is 3.03. The molecule has 2 aromatic rings. The molecular formula is C19H23F2NO. The predicted octanol–water partition coefficient (Wildman–Crippen LogP) is 3.55. The van der Waals surface area contributed by atoms with Crippen molar-refractivity contribution in [2.75, 3.05) is 13.6 Å². The van der Waals surface area contributed by atoms with Gasteiger partial charge in [-0.3, -0.25) is 0 Å². The lowest BCUT2D eigenvalue weighted by Crippen LogP contribution is -2.31. The van der Waals surface area contributed by atoms with Crippen molar-refractivity contribution in [2.24, 2.45) is 0 Å². The second kappa shape index (κ2) is 7.66. The van der Waals surface area contributed by atoms with Crippen LogP contribution >= 0.6 is 0 Å². The molecule has 4 heteroatoms. The molecule has 124 valence electrons. The van der Waals surface area contributed by atoms with Crippen molar-refractivity contribution in [3.05, 3.63) is 70.3 Å². The Morgan fingerprint density at radius 1 is 1.04 bits per heavy atom. The van der Waals surface area contributed by atoms with Gasteiger partial charge in [-0.25, -0.2) is 8.78 Å². The average molecular weight is 319 g/mol. The standard InChI is InChI=1S/C19H23F2NO/c1-4-13-6-8-15(21)10-17(13)19(18(23)11-22-3)16-9-14(20)7-5-12(16)2/h5-10,18-19,22-23H,4,11H2,1-3H3. The molecule has 0 bridgehead atoms. The summed E-state index contributed by atoms with van der Waals surface area (Å²) in [5, 5.41) is 13.6. The quantitative estimate of drug-likeness (QED) is 0.853. The van der Waals surface area contributed by atoms with Crippen LogP contribution in [0.15, 0.2) is 36.4 Å². The van der Waals surface area contributed by atoms with Crippen molar-refractivity contribution < 1.29 is 13.9 Å². The summed E-state index contributed by atoms with van der Waals surface area (Å²) >= 11 is 0. The molecule has 0 saturated heterocycles. The number of nitrogens with one attached hydrogen (secondary N) is 1. The largest absolute Gasteiger partial charge is 0.391 e. The zero-order chi connectivity index (χ0) is 17.0. The van der Waals surface area contributed by atoms with E-state index in [1.165, 1.54) is 24.3 Å². The predicted molar refractivity (Wildman–Crippen MR) is 88.7 cm³/mol. The summed E-state index contributed by atoms with van der Waals surface area (Å²) in [4.78, 5) is 0. The summed E-state index contributed by atoms with van der Waals surface area (Å²) in [6.07, 6.45) is -0.0696. The first-order chi connectivity index (χ1) is 11.0. The van der Waals surface area contributed by atoms with Crippen LogP contribution < -0.4 is 5.32 Å². The van der Waals surface area contributed by atoms with Crippen LogP contribution in [0.3, 0.4) is 0 Å². The SMILES string of the molecule is CCc1ccc(F)cc1C(c1cc(F)ccc1C)C(O)CNC. The third kappa shape index (κ3) is 3.95. The minimum absolute atomic E-state index is 0.334. The Hall–Kier alpha value is -1.78. The normalized spacial score (nSPS) is 13.8. The molecule has 2 rings (SSSR count). The highest BCUT2D eigenvalue weighted by atomic mass is 19.1. The average Bonchev–Trinajstić information content (AvgIpc) is 2.51. The van der Waals surface area contributed by atoms with E-state index in [4.69, 9.17) is 0 Å². The van der Waals surface area contributed by atoms with E-state index in [1.807, 2.05) is 13.8 Å². The number of likely N-dealkylation sites (N-methyl/N-ethyl adjacent to an activating group) is 1. The van der Waals surface area contributed by atoms with E-state index < -0.39 is 12.0 Å². The van der Waals surface area contributed by atoms with Gasteiger partial charge >= 0.3 is 0 Å². The molecule has 2 aromatic carbocycles. The fraction of sp³-hybridized carbons (Fsp3) is 0.368. The van der Waals surface area contributed by atoms with Crippen LogP contribution in [0.2, 0.25) is 0 Å². The molecule has 0 amide bonds. The minimum Gasteiger partial charge on any atom is -0.391 e. The van der Waals surface area contributed by atoms with Gasteiger partial charge in [0, 0.05) is 12.5 Å². The van der Waals surface area contributed by atoms with Crippen molar-refractivity contribution >= 4 is 0 Å². The lowest BCUT2D eigenvalue weighted by atomic mass is 9.81. The summed E-state index contributed by atoms with van der Waals surface area (Å²) in [6, 6.07) is 9.12. The van der Waals surface area contributed by atoms with E-state index in [1.54, 1.807) is 19.2 Å². The fourth-order valence-electron chi connectivity index (χ4n) is 3.03. The van der Waals surface area contributed by atoms with E-state index in [-0.39, 0.29) is 11.6 Å². The number of hydrogen-bond donors (Lipinski definition) is 2. The monoisotopic (exact) mass is 319 g/mol. The first-order valence-corrected chi connectivity index (χ1v) is 7.85. The number of halogens is 2. The molecule has 0 aliphatic carbocycles.